The van der Waals surface area contributed by atoms with Gasteiger partial charge in [-0.05, 0) is 30.3 Å². The van der Waals surface area contributed by atoms with Crippen LogP contribution in [-0.4, -0.2) is 17.6 Å². The molecular weight excluding hydrogens is 367 g/mol. The van der Waals surface area contributed by atoms with Gasteiger partial charge in [-0.2, -0.15) is 0 Å². The average Bonchev–Trinajstić information content (AvgIpc) is 2.88. The quantitative estimate of drug-likeness (QED) is 0.836. The molecule has 1 N–H and O–H groups in total. The van der Waals surface area contributed by atoms with Crippen LogP contribution in [0.4, 0.5) is 11.4 Å². The Morgan fingerprint density at radius 3 is 2.75 bits per heavy atom. The normalized spacial score (nSPS) is 17.2. The van der Waals surface area contributed by atoms with E-state index in [1.165, 1.54) is 18.7 Å². The lowest BCUT2D eigenvalue weighted by molar-refractivity contribution is -0.116. The van der Waals surface area contributed by atoms with Crippen molar-refractivity contribution in [3.63, 3.8) is 0 Å². The highest BCUT2D eigenvalue weighted by molar-refractivity contribution is 8.00. The van der Waals surface area contributed by atoms with Gasteiger partial charge >= 0.3 is 0 Å². The topological polar surface area (TPSA) is 49.4 Å². The minimum absolute atomic E-state index is 0.00371. The zero-order valence-electron chi connectivity index (χ0n) is 12.8. The highest BCUT2D eigenvalue weighted by Gasteiger charge is 2.35. The molecule has 3 rings (SSSR count). The predicted molar refractivity (Wildman–Crippen MR) is 99.9 cm³/mol. The van der Waals surface area contributed by atoms with Crippen molar-refractivity contribution >= 4 is 58.2 Å². The molecule has 0 spiro atoms. The summed E-state index contributed by atoms with van der Waals surface area (Å²) in [6, 6.07) is 12.5. The van der Waals surface area contributed by atoms with Gasteiger partial charge in [0.2, 0.25) is 11.8 Å². The molecule has 0 radical (unpaired) electrons. The van der Waals surface area contributed by atoms with Crippen molar-refractivity contribution in [2.45, 2.75) is 12.3 Å². The maximum atomic E-state index is 12.4. The van der Waals surface area contributed by atoms with Gasteiger partial charge in [0.15, 0.2) is 0 Å². The second-order valence-electron chi connectivity index (χ2n) is 5.32. The van der Waals surface area contributed by atoms with E-state index in [1.54, 1.807) is 35.2 Å². The standard InChI is InChI=1S/C17H14Cl2N2O2S/c1-10(22)20-12-3-2-4-13(8-12)21-16(23)9-24-17(21)14-6-5-11(18)7-15(14)19/h2-8,17H,9H2,1H3,(H,20,22)/t17-/m0/s1. The molecule has 1 saturated heterocycles. The third-order valence-electron chi connectivity index (χ3n) is 3.54. The first-order chi connectivity index (χ1) is 11.5. The SMILES string of the molecule is CC(=O)Nc1cccc(N2C(=O)CS[C@H]2c2ccc(Cl)cc2Cl)c1. The Morgan fingerprint density at radius 1 is 1.25 bits per heavy atom. The summed E-state index contributed by atoms with van der Waals surface area (Å²) in [7, 11) is 0. The molecule has 1 heterocycles. The zero-order valence-corrected chi connectivity index (χ0v) is 15.1. The fourth-order valence-electron chi connectivity index (χ4n) is 2.57. The van der Waals surface area contributed by atoms with Crippen LogP contribution in [0.3, 0.4) is 0 Å². The smallest absolute Gasteiger partial charge is 0.238 e. The molecular formula is C17H14Cl2N2O2S. The number of amides is 2. The van der Waals surface area contributed by atoms with Gasteiger partial charge in [-0.3, -0.25) is 14.5 Å². The Bertz CT molecular complexity index is 813. The Kier molecular flexibility index (Phi) is 5.04. The third kappa shape index (κ3) is 3.53. The van der Waals surface area contributed by atoms with E-state index >= 15 is 0 Å². The average molecular weight is 381 g/mol. The molecule has 1 fully saturated rings. The van der Waals surface area contributed by atoms with Crippen molar-refractivity contribution in [1.82, 2.24) is 0 Å². The van der Waals surface area contributed by atoms with Gasteiger partial charge in [0.25, 0.3) is 0 Å². The first kappa shape index (κ1) is 17.1. The molecule has 0 saturated carbocycles. The van der Waals surface area contributed by atoms with Crippen LogP contribution in [0.2, 0.25) is 10.0 Å². The molecule has 2 aromatic rings. The Labute approximate surface area is 154 Å². The second-order valence-corrected chi connectivity index (χ2v) is 7.24. The van der Waals surface area contributed by atoms with Gasteiger partial charge in [-0.25, -0.2) is 0 Å². The van der Waals surface area contributed by atoms with Crippen molar-refractivity contribution in [2.75, 3.05) is 16.0 Å². The minimum Gasteiger partial charge on any atom is -0.326 e. The third-order valence-corrected chi connectivity index (χ3v) is 5.30. The Balaban J connectivity index is 1.98. The number of carbonyl (C=O) groups excluding carboxylic acids is 2. The lowest BCUT2D eigenvalue weighted by atomic mass is 10.1. The number of hydrogen-bond donors (Lipinski definition) is 1. The van der Waals surface area contributed by atoms with Gasteiger partial charge in [0.1, 0.15) is 5.37 Å². The monoisotopic (exact) mass is 380 g/mol. The number of rotatable bonds is 3. The summed E-state index contributed by atoms with van der Waals surface area (Å²) in [6.45, 7) is 1.44. The van der Waals surface area contributed by atoms with Crippen molar-refractivity contribution < 1.29 is 9.59 Å². The van der Waals surface area contributed by atoms with Crippen LogP contribution in [0.15, 0.2) is 42.5 Å². The summed E-state index contributed by atoms with van der Waals surface area (Å²) >= 11 is 13.8. The van der Waals surface area contributed by atoms with Gasteiger partial charge in [-0.1, -0.05) is 35.3 Å². The largest absolute Gasteiger partial charge is 0.326 e. The van der Waals surface area contributed by atoms with E-state index in [0.717, 1.165) is 5.56 Å². The molecule has 124 valence electrons. The summed E-state index contributed by atoms with van der Waals surface area (Å²) in [4.78, 5) is 25.4. The summed E-state index contributed by atoms with van der Waals surface area (Å²) in [6.07, 6.45) is 0. The van der Waals surface area contributed by atoms with E-state index < -0.39 is 0 Å². The number of carbonyl (C=O) groups is 2. The lowest BCUT2D eigenvalue weighted by Gasteiger charge is -2.25. The van der Waals surface area contributed by atoms with Crippen molar-refractivity contribution in [1.29, 1.82) is 0 Å². The van der Waals surface area contributed by atoms with E-state index in [2.05, 4.69) is 5.32 Å². The molecule has 2 aromatic carbocycles. The van der Waals surface area contributed by atoms with Crippen molar-refractivity contribution in [3.8, 4) is 0 Å². The number of nitrogens with one attached hydrogen (secondary N) is 1. The molecule has 2 amide bonds. The highest BCUT2D eigenvalue weighted by Crippen LogP contribution is 2.44. The van der Waals surface area contributed by atoms with E-state index in [4.69, 9.17) is 23.2 Å². The summed E-state index contributed by atoms with van der Waals surface area (Å²) in [5.74, 6) is 0.205. The van der Waals surface area contributed by atoms with E-state index in [1.807, 2.05) is 12.1 Å². The highest BCUT2D eigenvalue weighted by atomic mass is 35.5. The first-order valence-corrected chi connectivity index (χ1v) is 9.02. The summed E-state index contributed by atoms with van der Waals surface area (Å²) < 4.78 is 0. The van der Waals surface area contributed by atoms with Crippen molar-refractivity contribution in [3.05, 3.63) is 58.1 Å². The maximum absolute atomic E-state index is 12.4. The van der Waals surface area contributed by atoms with Gasteiger partial charge in [0, 0.05) is 33.9 Å². The molecule has 1 aliphatic rings. The Morgan fingerprint density at radius 2 is 2.04 bits per heavy atom. The molecule has 0 bridgehead atoms. The number of nitrogens with zero attached hydrogens (tertiary/aromatic N) is 1. The first-order valence-electron chi connectivity index (χ1n) is 7.22. The van der Waals surface area contributed by atoms with Crippen LogP contribution in [0.5, 0.6) is 0 Å². The van der Waals surface area contributed by atoms with E-state index in [-0.39, 0.29) is 17.2 Å². The van der Waals surface area contributed by atoms with Crippen LogP contribution >= 0.6 is 35.0 Å². The molecule has 4 nitrogen and oxygen atoms in total. The molecule has 0 aliphatic carbocycles. The molecule has 1 aliphatic heterocycles. The van der Waals surface area contributed by atoms with Crippen LogP contribution in [-0.2, 0) is 9.59 Å². The fraction of sp³-hybridized carbons (Fsp3) is 0.176. The predicted octanol–water partition coefficient (Wildman–Crippen LogP) is 4.73. The van der Waals surface area contributed by atoms with Crippen molar-refractivity contribution in [2.24, 2.45) is 0 Å². The molecule has 0 aromatic heterocycles. The van der Waals surface area contributed by atoms with E-state index in [9.17, 15) is 9.59 Å². The van der Waals surface area contributed by atoms with Crippen LogP contribution in [0.25, 0.3) is 0 Å². The fourth-order valence-corrected chi connectivity index (χ4v) is 4.36. The number of thioether (sulfide) groups is 1. The number of hydrogen-bond acceptors (Lipinski definition) is 3. The van der Waals surface area contributed by atoms with Crippen LogP contribution in [0, 0.1) is 0 Å². The van der Waals surface area contributed by atoms with Crippen LogP contribution in [0.1, 0.15) is 17.9 Å². The van der Waals surface area contributed by atoms with Crippen LogP contribution < -0.4 is 10.2 Å². The molecule has 7 heteroatoms. The zero-order chi connectivity index (χ0) is 17.3. The lowest BCUT2D eigenvalue weighted by Crippen LogP contribution is -2.28. The summed E-state index contributed by atoms with van der Waals surface area (Å²) in [5.41, 5.74) is 2.19. The number of anilines is 2. The van der Waals surface area contributed by atoms with Gasteiger partial charge < -0.3 is 5.32 Å². The van der Waals surface area contributed by atoms with E-state index in [0.29, 0.717) is 27.2 Å². The Hall–Kier alpha value is -1.69. The number of benzene rings is 2. The molecule has 24 heavy (non-hydrogen) atoms. The molecule has 1 atom stereocenters. The summed E-state index contributed by atoms with van der Waals surface area (Å²) in [5, 5.41) is 3.58. The second kappa shape index (κ2) is 7.05. The van der Waals surface area contributed by atoms with Gasteiger partial charge in [-0.15, -0.1) is 11.8 Å². The minimum atomic E-state index is -0.227. The molecule has 0 unspecified atom stereocenters. The number of halogens is 2. The maximum Gasteiger partial charge on any atom is 0.238 e. The van der Waals surface area contributed by atoms with Gasteiger partial charge in [0.05, 0.1) is 5.75 Å².